The van der Waals surface area contributed by atoms with Crippen molar-refractivity contribution in [2.75, 3.05) is 24.7 Å². The van der Waals surface area contributed by atoms with Crippen LogP contribution in [0.15, 0.2) is 32.5 Å². The summed E-state index contributed by atoms with van der Waals surface area (Å²) in [4.78, 5) is 42.2. The number of carbonyl (C=O) groups is 1. The molecule has 0 aliphatic heterocycles. The second-order valence-corrected chi connectivity index (χ2v) is 9.12. The molecule has 1 atom stereocenters. The topological polar surface area (TPSA) is 125 Å². The number of aryl methyl sites for hydroxylation is 1. The summed E-state index contributed by atoms with van der Waals surface area (Å²) in [6.45, 7) is 6.15. The Balaban J connectivity index is 1.68. The fraction of sp³-hybridized carbons (Fsp3) is 0.391. The number of aromatic nitrogens is 1. The van der Waals surface area contributed by atoms with Crippen LogP contribution in [0.25, 0.3) is 0 Å². The molecule has 0 fully saturated rings. The third kappa shape index (κ3) is 3.34. The fourth-order valence-electron chi connectivity index (χ4n) is 4.11. The number of fused-ring (bicyclic) bond motifs is 1. The first-order valence-corrected chi connectivity index (χ1v) is 10.4. The van der Waals surface area contributed by atoms with Gasteiger partial charge in [0.1, 0.15) is 17.1 Å². The number of nitrogens with one attached hydrogen (secondary N) is 2. The molecular formula is C23H26N4O5. The number of amides is 1. The lowest BCUT2D eigenvalue weighted by Gasteiger charge is -2.39. The molecular weight excluding hydrogens is 412 g/mol. The Hall–Kier alpha value is -3.62. The number of rotatable bonds is 5. The number of hydrogen-bond acceptors (Lipinski definition) is 8. The maximum atomic E-state index is 12.4. The van der Waals surface area contributed by atoms with Crippen LogP contribution in [0.4, 0.5) is 17.1 Å². The van der Waals surface area contributed by atoms with Gasteiger partial charge in [0.05, 0.1) is 18.0 Å². The smallest absolute Gasteiger partial charge is 0.275 e. The molecule has 9 heteroatoms. The maximum absolute atomic E-state index is 12.4. The second kappa shape index (κ2) is 7.51. The second-order valence-electron chi connectivity index (χ2n) is 9.12. The third-order valence-electron chi connectivity index (χ3n) is 6.19. The summed E-state index contributed by atoms with van der Waals surface area (Å²) in [5.74, 6) is -0.116. The molecule has 32 heavy (non-hydrogen) atoms. The van der Waals surface area contributed by atoms with E-state index in [0.717, 1.165) is 29.7 Å². The standard InChI is InChI=1S/C23H26N4O5/c1-11-10-32-20-12(11)6-8-23(2,3)21(20)26-15-14(18(29)19(15)30)25-13-7-9-24-16(17(13)28)22(31)27(4)5/h7,9-10,21,26,28H,6,8H2,1-5H3,(H,24,25)/t21-/m1/s1. The number of hydrogen-bond donors (Lipinski definition) is 3. The van der Waals surface area contributed by atoms with Crippen molar-refractivity contribution in [2.24, 2.45) is 5.41 Å². The van der Waals surface area contributed by atoms with Crippen LogP contribution in [0, 0.1) is 12.3 Å². The summed E-state index contributed by atoms with van der Waals surface area (Å²) in [7, 11) is 3.08. The molecule has 0 spiro atoms. The summed E-state index contributed by atoms with van der Waals surface area (Å²) >= 11 is 0. The summed E-state index contributed by atoms with van der Waals surface area (Å²) in [5.41, 5.74) is 0.732. The number of anilines is 3. The van der Waals surface area contributed by atoms with E-state index >= 15 is 0 Å². The highest BCUT2D eigenvalue weighted by molar-refractivity contribution is 5.97. The van der Waals surface area contributed by atoms with Crippen molar-refractivity contribution in [2.45, 2.75) is 39.7 Å². The van der Waals surface area contributed by atoms with Crippen LogP contribution in [0.3, 0.4) is 0 Å². The molecule has 0 unspecified atom stereocenters. The van der Waals surface area contributed by atoms with Gasteiger partial charge in [0, 0.05) is 20.3 Å². The number of furan rings is 1. The maximum Gasteiger partial charge on any atom is 0.275 e. The zero-order valence-electron chi connectivity index (χ0n) is 18.7. The minimum Gasteiger partial charge on any atom is -0.504 e. The first-order chi connectivity index (χ1) is 15.0. The average Bonchev–Trinajstić information content (AvgIpc) is 3.12. The van der Waals surface area contributed by atoms with E-state index in [9.17, 15) is 19.5 Å². The van der Waals surface area contributed by atoms with Gasteiger partial charge in [-0.15, -0.1) is 0 Å². The monoisotopic (exact) mass is 438 g/mol. The van der Waals surface area contributed by atoms with Gasteiger partial charge in [-0.3, -0.25) is 14.4 Å². The first kappa shape index (κ1) is 21.6. The largest absolute Gasteiger partial charge is 0.504 e. The zero-order valence-corrected chi connectivity index (χ0v) is 18.7. The minimum absolute atomic E-state index is 0.0333. The lowest BCUT2D eigenvalue weighted by Crippen LogP contribution is -2.41. The van der Waals surface area contributed by atoms with Crippen LogP contribution in [0.1, 0.15) is 53.7 Å². The van der Waals surface area contributed by atoms with Crippen LogP contribution >= 0.6 is 0 Å². The predicted octanol–water partition coefficient (Wildman–Crippen LogP) is 2.86. The van der Waals surface area contributed by atoms with Crippen molar-refractivity contribution in [3.8, 4) is 5.75 Å². The van der Waals surface area contributed by atoms with E-state index in [0.29, 0.717) is 0 Å². The summed E-state index contributed by atoms with van der Waals surface area (Å²) in [6, 6.07) is 1.13. The molecule has 1 aliphatic carbocycles. The Morgan fingerprint density at radius 2 is 1.94 bits per heavy atom. The predicted molar refractivity (Wildman–Crippen MR) is 120 cm³/mol. The van der Waals surface area contributed by atoms with Crippen LogP contribution in [0.2, 0.25) is 0 Å². The highest BCUT2D eigenvalue weighted by Crippen LogP contribution is 2.47. The van der Waals surface area contributed by atoms with Crippen molar-refractivity contribution in [1.29, 1.82) is 0 Å². The lowest BCUT2D eigenvalue weighted by atomic mass is 9.72. The van der Waals surface area contributed by atoms with Crippen molar-refractivity contribution >= 4 is 23.0 Å². The van der Waals surface area contributed by atoms with E-state index in [1.165, 1.54) is 17.2 Å². The van der Waals surface area contributed by atoms with Crippen molar-refractivity contribution < 1.29 is 14.3 Å². The molecule has 1 aromatic carbocycles. The fourth-order valence-corrected chi connectivity index (χ4v) is 4.11. The van der Waals surface area contributed by atoms with E-state index in [-0.39, 0.29) is 34.2 Å². The average molecular weight is 438 g/mol. The van der Waals surface area contributed by atoms with Crippen LogP contribution in [-0.4, -0.2) is 35.0 Å². The number of pyridine rings is 1. The van der Waals surface area contributed by atoms with Gasteiger partial charge in [0.2, 0.25) is 0 Å². The number of carbonyl (C=O) groups excluding carboxylic acids is 1. The van der Waals surface area contributed by atoms with Crippen LogP contribution in [-0.2, 0) is 6.42 Å². The van der Waals surface area contributed by atoms with Gasteiger partial charge in [-0.05, 0) is 42.4 Å². The lowest BCUT2D eigenvalue weighted by molar-refractivity contribution is 0.0819. The molecule has 0 radical (unpaired) electrons. The molecule has 1 amide bonds. The molecule has 2 heterocycles. The van der Waals surface area contributed by atoms with Gasteiger partial charge in [-0.1, -0.05) is 13.8 Å². The van der Waals surface area contributed by atoms with Crippen molar-refractivity contribution in [3.05, 3.63) is 61.6 Å². The molecule has 1 aliphatic rings. The molecule has 0 saturated carbocycles. The molecule has 2 aromatic heterocycles. The van der Waals surface area contributed by atoms with Gasteiger partial charge in [-0.2, -0.15) is 0 Å². The molecule has 168 valence electrons. The third-order valence-corrected chi connectivity index (χ3v) is 6.19. The van der Waals surface area contributed by atoms with Gasteiger partial charge < -0.3 is 25.1 Å². The highest BCUT2D eigenvalue weighted by atomic mass is 16.3. The van der Waals surface area contributed by atoms with Gasteiger partial charge in [0.25, 0.3) is 16.8 Å². The summed E-state index contributed by atoms with van der Waals surface area (Å²) < 4.78 is 5.81. The SMILES string of the molecule is Cc1coc2c1CCC(C)(C)[C@@H]2Nc1c(Nc2ccnc(C(=O)N(C)C)c2O)c(=O)c1=O. The minimum atomic E-state index is -0.700. The molecule has 9 nitrogen and oxygen atoms in total. The van der Waals surface area contributed by atoms with Crippen LogP contribution < -0.4 is 21.5 Å². The van der Waals surface area contributed by atoms with Crippen LogP contribution in [0.5, 0.6) is 5.75 Å². The molecule has 4 rings (SSSR count). The number of aromatic hydroxyl groups is 1. The Bertz CT molecular complexity index is 1280. The van der Waals surface area contributed by atoms with E-state index in [4.69, 9.17) is 4.42 Å². The van der Waals surface area contributed by atoms with E-state index in [1.54, 1.807) is 20.4 Å². The first-order valence-electron chi connectivity index (χ1n) is 10.4. The van der Waals surface area contributed by atoms with Crippen molar-refractivity contribution in [3.63, 3.8) is 0 Å². The Kier molecular flexibility index (Phi) is 5.07. The van der Waals surface area contributed by atoms with E-state index in [2.05, 4.69) is 29.5 Å². The van der Waals surface area contributed by atoms with Crippen molar-refractivity contribution in [1.82, 2.24) is 9.88 Å². The van der Waals surface area contributed by atoms with Gasteiger partial charge in [0.15, 0.2) is 11.4 Å². The quantitative estimate of drug-likeness (QED) is 0.520. The highest BCUT2D eigenvalue weighted by Gasteiger charge is 2.41. The summed E-state index contributed by atoms with van der Waals surface area (Å²) in [6.07, 6.45) is 4.82. The van der Waals surface area contributed by atoms with Gasteiger partial charge in [-0.25, -0.2) is 4.98 Å². The molecule has 3 N–H and O–H groups in total. The van der Waals surface area contributed by atoms with E-state index < -0.39 is 22.5 Å². The Morgan fingerprint density at radius 1 is 1.25 bits per heavy atom. The molecule has 3 aromatic rings. The Labute approximate surface area is 184 Å². The zero-order chi connectivity index (χ0) is 23.4. The summed E-state index contributed by atoms with van der Waals surface area (Å²) in [5, 5.41) is 16.6. The Morgan fingerprint density at radius 3 is 2.62 bits per heavy atom. The van der Waals surface area contributed by atoms with Gasteiger partial charge >= 0.3 is 0 Å². The normalized spacial score (nSPS) is 17.1. The molecule has 0 bridgehead atoms. The number of nitrogens with zero attached hydrogens (tertiary/aromatic N) is 2. The van der Waals surface area contributed by atoms with E-state index in [1.807, 2.05) is 6.92 Å². The molecule has 0 saturated heterocycles.